The van der Waals surface area contributed by atoms with Crippen molar-refractivity contribution < 1.29 is 63.4 Å². The van der Waals surface area contributed by atoms with Crippen LogP contribution in [0.1, 0.15) is 2.85 Å². The molecule has 0 radical (unpaired) electrons. The Balaban J connectivity index is -0.000000427. The Morgan fingerprint density at radius 1 is 0.611 bits per heavy atom. The van der Waals surface area contributed by atoms with Gasteiger partial charge in [0.2, 0.25) is 0 Å². The number of hydrogen-bond acceptors (Lipinski definition) is 7. The quantitative estimate of drug-likeness (QED) is 0.247. The Bertz CT molecular complexity index is 417. The predicted molar refractivity (Wildman–Crippen MR) is 55.0 cm³/mol. The van der Waals surface area contributed by atoms with Gasteiger partial charge in [0.1, 0.15) is 0 Å². The van der Waals surface area contributed by atoms with E-state index in [1.807, 2.05) is 0 Å². The summed E-state index contributed by atoms with van der Waals surface area (Å²) in [5, 5.41) is 0. The fourth-order valence-electron chi connectivity index (χ4n) is 0.429. The molecule has 13 nitrogen and oxygen atoms in total. The molecular formula is H8CaO13P4. The maximum Gasteiger partial charge on any atom is 2.00 e. The first-order valence-corrected chi connectivity index (χ1v) is 9.08. The monoisotopic (exact) mass is 380 g/mol. The van der Waals surface area contributed by atoms with Crippen LogP contribution in [0.25, 0.3) is 0 Å². The summed E-state index contributed by atoms with van der Waals surface area (Å²) in [5.74, 6) is 0. The molecule has 0 aliphatic heterocycles. The molecule has 2 unspecified atom stereocenters. The maximum absolute atomic E-state index is 10.7. The average molecular weight is 380 g/mol. The van der Waals surface area contributed by atoms with Crippen LogP contribution >= 0.6 is 31.3 Å². The van der Waals surface area contributed by atoms with Gasteiger partial charge in [0.25, 0.3) is 0 Å². The second-order valence-electron chi connectivity index (χ2n) is 2.16. The zero-order chi connectivity index (χ0) is 14.1. The Morgan fingerprint density at radius 3 is 1.00 bits per heavy atom. The Morgan fingerprint density at radius 2 is 0.833 bits per heavy atom. The van der Waals surface area contributed by atoms with E-state index in [1.54, 1.807) is 0 Å². The van der Waals surface area contributed by atoms with Gasteiger partial charge in [-0.3, -0.25) is 0 Å². The molecule has 0 saturated heterocycles. The fourth-order valence-corrected chi connectivity index (χ4v) is 4.40. The van der Waals surface area contributed by atoms with Gasteiger partial charge in [-0.15, -0.1) is 0 Å². The van der Waals surface area contributed by atoms with Crippen LogP contribution < -0.4 is 0 Å². The van der Waals surface area contributed by atoms with Crippen molar-refractivity contribution in [3.63, 3.8) is 0 Å². The van der Waals surface area contributed by atoms with Crippen molar-refractivity contribution in [1.82, 2.24) is 0 Å². The van der Waals surface area contributed by atoms with Crippen molar-refractivity contribution in [2.24, 2.45) is 0 Å². The molecule has 0 fully saturated rings. The summed E-state index contributed by atoms with van der Waals surface area (Å²) >= 11 is 0. The van der Waals surface area contributed by atoms with E-state index in [0.29, 0.717) is 0 Å². The van der Waals surface area contributed by atoms with Crippen molar-refractivity contribution in [1.29, 1.82) is 0 Å². The van der Waals surface area contributed by atoms with Crippen LogP contribution in [0.2, 0.25) is 0 Å². The summed E-state index contributed by atoms with van der Waals surface area (Å²) in [6.45, 7) is 0. The number of rotatable bonds is 6. The Labute approximate surface area is 132 Å². The molecule has 0 aromatic carbocycles. The molecule has 0 aliphatic carbocycles. The smallest absolute Gasteiger partial charge is 1.00 e. The Kier molecular flexibility index (Phi) is 8.84. The minimum absolute atomic E-state index is 0. The van der Waals surface area contributed by atoms with E-state index in [4.69, 9.17) is 29.4 Å². The van der Waals surface area contributed by atoms with E-state index in [1.165, 1.54) is 0 Å². The molecule has 0 aromatic rings. The second kappa shape index (κ2) is 7.20. The number of phosphoric acid groups is 4. The van der Waals surface area contributed by atoms with Gasteiger partial charge in [-0.1, -0.05) is 0 Å². The normalized spacial score (nSPS) is 19.4. The molecule has 0 saturated carbocycles. The first-order chi connectivity index (χ1) is 7.12. The van der Waals surface area contributed by atoms with Crippen LogP contribution in [0, 0.1) is 0 Å². The molecule has 0 rings (SSSR count). The van der Waals surface area contributed by atoms with Crippen LogP contribution in [0.3, 0.4) is 0 Å². The van der Waals surface area contributed by atoms with Crippen molar-refractivity contribution in [3.8, 4) is 0 Å². The largest absolute Gasteiger partial charge is 2.00 e. The van der Waals surface area contributed by atoms with Gasteiger partial charge in [-0.25, -0.2) is 18.3 Å². The molecule has 0 aliphatic rings. The van der Waals surface area contributed by atoms with E-state index in [9.17, 15) is 18.3 Å². The van der Waals surface area contributed by atoms with Crippen LogP contribution in [-0.4, -0.2) is 67.1 Å². The van der Waals surface area contributed by atoms with Crippen molar-refractivity contribution in [3.05, 3.63) is 0 Å². The average Bonchev–Trinajstić information content (AvgIpc) is 1.65. The molecule has 18 heteroatoms. The summed E-state index contributed by atoms with van der Waals surface area (Å²) < 4.78 is 50.9. The van der Waals surface area contributed by atoms with Crippen LogP contribution in [0.15, 0.2) is 0 Å². The van der Waals surface area contributed by atoms with Crippen LogP contribution in [0.4, 0.5) is 0 Å². The zero-order valence-electron chi connectivity index (χ0n) is 10.0. The van der Waals surface area contributed by atoms with Gasteiger partial charge in [-0.05, 0) is 0 Å². The van der Waals surface area contributed by atoms with Gasteiger partial charge >= 0.3 is 69.0 Å². The molecule has 2 atom stereocenters. The summed E-state index contributed by atoms with van der Waals surface area (Å²) in [5.41, 5.74) is 0. The summed E-state index contributed by atoms with van der Waals surface area (Å²) in [7, 11) is -22.6. The number of hydrogen-bond donors (Lipinski definition) is 6. The molecular weight excluding hydrogens is 372 g/mol. The third kappa shape index (κ3) is 12.8. The van der Waals surface area contributed by atoms with Gasteiger partial charge in [-0.2, -0.15) is 12.9 Å². The molecule has 0 amide bonds. The molecule has 18 heavy (non-hydrogen) atoms. The standard InChI is InChI=1S/Ca.H6O13P4.2H/c;1-14(2,3)11-16(7,8)13-17(9,10)12-15(4,5)6;;/h;(H,7,8)(H,9,10)(H2,1,2,3)(H2,4,5,6);;/q+2;;2*-1. The van der Waals surface area contributed by atoms with Gasteiger partial charge in [0.05, 0.1) is 0 Å². The fraction of sp³-hybridized carbons (Fsp3) is 0. The SMILES string of the molecule is O=P(O)(O)OP(=O)(O)OP(=O)(O)OP(=O)(O)O.[Ca+2].[H-].[H-]. The third-order valence-electron chi connectivity index (χ3n) is 0.625. The van der Waals surface area contributed by atoms with Gasteiger partial charge in [0, 0.05) is 0 Å². The van der Waals surface area contributed by atoms with Gasteiger partial charge < -0.3 is 32.2 Å². The minimum Gasteiger partial charge on any atom is -1.00 e. The van der Waals surface area contributed by atoms with Crippen LogP contribution in [0.5, 0.6) is 0 Å². The first-order valence-electron chi connectivity index (χ1n) is 3.03. The summed E-state index contributed by atoms with van der Waals surface area (Å²) in [4.78, 5) is 49.4. The van der Waals surface area contributed by atoms with E-state index in [-0.39, 0.29) is 40.6 Å². The zero-order valence-corrected chi connectivity index (χ0v) is 13.8. The maximum atomic E-state index is 10.7. The van der Waals surface area contributed by atoms with E-state index >= 15 is 0 Å². The molecule has 0 aromatic heterocycles. The van der Waals surface area contributed by atoms with E-state index in [2.05, 4.69) is 12.9 Å². The molecule has 0 bridgehead atoms. The molecule has 108 valence electrons. The molecule has 0 spiro atoms. The minimum atomic E-state index is -5.77. The van der Waals surface area contributed by atoms with Crippen LogP contribution in [-0.2, 0) is 31.2 Å². The van der Waals surface area contributed by atoms with Gasteiger partial charge in [0.15, 0.2) is 0 Å². The summed E-state index contributed by atoms with van der Waals surface area (Å²) in [6, 6.07) is 0. The second-order valence-corrected chi connectivity index (χ2v) is 7.96. The van der Waals surface area contributed by atoms with Crippen molar-refractivity contribution in [2.75, 3.05) is 0 Å². The third-order valence-corrected chi connectivity index (χ3v) is 5.63. The molecule has 0 heterocycles. The predicted octanol–water partition coefficient (Wildman–Crippen LogP) is -0.733. The Hall–Kier alpha value is 1.82. The topological polar surface area (TPSA) is 217 Å². The van der Waals surface area contributed by atoms with Crippen molar-refractivity contribution in [2.45, 2.75) is 0 Å². The van der Waals surface area contributed by atoms with E-state index < -0.39 is 31.3 Å². The summed E-state index contributed by atoms with van der Waals surface area (Å²) in [6.07, 6.45) is 0. The first kappa shape index (κ1) is 22.1. The van der Waals surface area contributed by atoms with Crippen molar-refractivity contribution >= 4 is 69.0 Å². The van der Waals surface area contributed by atoms with E-state index in [0.717, 1.165) is 0 Å². The molecule has 6 N–H and O–H groups in total.